The molecule has 1 aliphatic heterocycles. The number of carbonyl (C=O) groups is 1. The van der Waals surface area contributed by atoms with Crippen molar-refractivity contribution in [2.75, 3.05) is 26.2 Å². The molecule has 0 spiro atoms. The van der Waals surface area contributed by atoms with Gasteiger partial charge in [0, 0.05) is 31.7 Å². The topological polar surface area (TPSA) is 88.5 Å². The van der Waals surface area contributed by atoms with Crippen molar-refractivity contribution in [1.82, 2.24) is 19.9 Å². The maximum atomic E-state index is 12.3. The third kappa shape index (κ3) is 4.43. The normalized spacial score (nSPS) is 19.6. The Morgan fingerprint density at radius 3 is 2.37 bits per heavy atom. The summed E-state index contributed by atoms with van der Waals surface area (Å²) < 4.78 is 5.47. The molecule has 2 aliphatic rings. The highest BCUT2D eigenvalue weighted by Gasteiger charge is 2.48. The van der Waals surface area contributed by atoms with E-state index < -0.39 is 5.54 Å². The lowest BCUT2D eigenvalue weighted by Crippen LogP contribution is -2.54. The van der Waals surface area contributed by atoms with Gasteiger partial charge in [-0.1, -0.05) is 35.5 Å². The molecule has 2 heterocycles. The van der Waals surface area contributed by atoms with Gasteiger partial charge in [0.15, 0.2) is 0 Å². The van der Waals surface area contributed by atoms with Crippen LogP contribution >= 0.6 is 24.8 Å². The van der Waals surface area contributed by atoms with Crippen LogP contribution in [-0.4, -0.2) is 57.6 Å². The molecule has 27 heavy (non-hydrogen) atoms. The van der Waals surface area contributed by atoms with Crippen molar-refractivity contribution in [1.29, 1.82) is 0 Å². The van der Waals surface area contributed by atoms with Gasteiger partial charge in [0.05, 0.1) is 11.6 Å². The van der Waals surface area contributed by atoms with Crippen LogP contribution in [0.15, 0.2) is 34.9 Å². The van der Waals surface area contributed by atoms with Crippen LogP contribution in [0.4, 0.5) is 0 Å². The molecule has 7 nitrogen and oxygen atoms in total. The van der Waals surface area contributed by atoms with Gasteiger partial charge in [0.25, 0.3) is 0 Å². The molecule has 2 fully saturated rings. The summed E-state index contributed by atoms with van der Waals surface area (Å²) in [6, 6.07) is 9.81. The summed E-state index contributed by atoms with van der Waals surface area (Å²) in [6.07, 6.45) is 1.62. The van der Waals surface area contributed by atoms with E-state index in [1.165, 1.54) is 0 Å². The highest BCUT2D eigenvalue weighted by Crippen LogP contribution is 2.34. The van der Waals surface area contributed by atoms with Gasteiger partial charge in [-0.15, -0.1) is 24.8 Å². The van der Waals surface area contributed by atoms with Crippen molar-refractivity contribution in [2.24, 2.45) is 5.73 Å². The number of rotatable bonds is 4. The van der Waals surface area contributed by atoms with Gasteiger partial charge in [-0.2, -0.15) is 4.98 Å². The molecule has 1 saturated heterocycles. The van der Waals surface area contributed by atoms with Crippen molar-refractivity contribution >= 4 is 30.7 Å². The van der Waals surface area contributed by atoms with Gasteiger partial charge in [-0.3, -0.25) is 9.69 Å². The van der Waals surface area contributed by atoms with E-state index in [2.05, 4.69) is 22.0 Å². The van der Waals surface area contributed by atoms with E-state index in [1.807, 2.05) is 35.2 Å². The fraction of sp³-hybridized carbons (Fsp3) is 0.500. The summed E-state index contributed by atoms with van der Waals surface area (Å²) in [5.41, 5.74) is 6.39. The molecule has 1 unspecified atom stereocenters. The minimum atomic E-state index is -0.579. The Kier molecular flexibility index (Phi) is 6.86. The zero-order chi connectivity index (χ0) is 17.4. The first-order chi connectivity index (χ1) is 12.1. The Morgan fingerprint density at radius 2 is 1.78 bits per heavy atom. The van der Waals surface area contributed by atoms with Gasteiger partial charge < -0.3 is 15.2 Å². The molecular formula is C18H25Cl2N5O2. The number of carbonyl (C=O) groups excluding carboxylic acids is 1. The maximum absolute atomic E-state index is 12.3. The number of nitrogens with two attached hydrogens (primary N) is 1. The molecule has 1 aliphatic carbocycles. The molecule has 2 aromatic rings. The molecule has 9 heteroatoms. The van der Waals surface area contributed by atoms with Crippen LogP contribution < -0.4 is 5.73 Å². The predicted octanol–water partition coefficient (Wildman–Crippen LogP) is 2.28. The summed E-state index contributed by atoms with van der Waals surface area (Å²) in [4.78, 5) is 21.0. The van der Waals surface area contributed by atoms with Crippen molar-refractivity contribution in [3.63, 3.8) is 0 Å². The molecule has 2 N–H and O–H groups in total. The van der Waals surface area contributed by atoms with E-state index in [0.29, 0.717) is 24.8 Å². The summed E-state index contributed by atoms with van der Waals surface area (Å²) in [5.74, 6) is 1.31. The second kappa shape index (κ2) is 8.56. The first-order valence-corrected chi connectivity index (χ1v) is 8.78. The van der Waals surface area contributed by atoms with Gasteiger partial charge in [0.1, 0.15) is 0 Å². The lowest BCUT2D eigenvalue weighted by atomic mass is 10.2. The standard InChI is InChI=1S/C18H23N5O2.2ClH/c1-13(16-20-15(21-25-16)14-5-3-2-4-6-14)22-9-11-23(12-10-22)17(24)18(19)7-8-18;;/h2-6,13H,7-12,19H2,1H3;2*1H. The van der Waals surface area contributed by atoms with E-state index in [0.717, 1.165) is 31.5 Å². The highest BCUT2D eigenvalue weighted by atomic mass is 35.5. The molecule has 1 saturated carbocycles. The van der Waals surface area contributed by atoms with E-state index in [9.17, 15) is 4.79 Å². The molecule has 4 rings (SSSR count). The summed E-state index contributed by atoms with van der Waals surface area (Å²) >= 11 is 0. The second-order valence-electron chi connectivity index (χ2n) is 6.98. The molecule has 1 atom stereocenters. The second-order valence-corrected chi connectivity index (χ2v) is 6.98. The van der Waals surface area contributed by atoms with Crippen molar-refractivity contribution in [2.45, 2.75) is 31.3 Å². The SMILES string of the molecule is CC(c1nc(-c2ccccc2)no1)N1CCN(C(=O)C2(N)CC2)CC1.Cl.Cl. The zero-order valence-electron chi connectivity index (χ0n) is 15.2. The smallest absolute Gasteiger partial charge is 0.244 e. The van der Waals surface area contributed by atoms with Gasteiger partial charge in [-0.25, -0.2) is 0 Å². The van der Waals surface area contributed by atoms with E-state index in [4.69, 9.17) is 10.3 Å². The first kappa shape index (κ1) is 21.6. The van der Waals surface area contributed by atoms with Crippen molar-refractivity contribution in [3.8, 4) is 11.4 Å². The number of aromatic nitrogens is 2. The highest BCUT2D eigenvalue weighted by molar-refractivity contribution is 5.89. The van der Waals surface area contributed by atoms with E-state index in [-0.39, 0.29) is 36.8 Å². The number of halogens is 2. The van der Waals surface area contributed by atoms with Crippen LogP contribution in [0.2, 0.25) is 0 Å². The fourth-order valence-corrected chi connectivity index (χ4v) is 3.24. The van der Waals surface area contributed by atoms with Gasteiger partial charge in [0.2, 0.25) is 17.6 Å². The molecular weight excluding hydrogens is 389 g/mol. The summed E-state index contributed by atoms with van der Waals surface area (Å²) in [6.45, 7) is 5.02. The molecule has 148 valence electrons. The number of benzene rings is 1. The Balaban J connectivity index is 0.00000131. The number of hydrogen-bond acceptors (Lipinski definition) is 6. The van der Waals surface area contributed by atoms with Crippen LogP contribution in [-0.2, 0) is 4.79 Å². The average molecular weight is 414 g/mol. The predicted molar refractivity (Wildman–Crippen MR) is 107 cm³/mol. The van der Waals surface area contributed by atoms with Crippen LogP contribution in [0.5, 0.6) is 0 Å². The minimum absolute atomic E-state index is 0. The number of nitrogens with zero attached hydrogens (tertiary/aromatic N) is 4. The molecule has 1 amide bonds. The zero-order valence-corrected chi connectivity index (χ0v) is 16.8. The van der Waals surface area contributed by atoms with E-state index in [1.54, 1.807) is 0 Å². The van der Waals surface area contributed by atoms with E-state index >= 15 is 0 Å². The lowest BCUT2D eigenvalue weighted by Gasteiger charge is -2.37. The number of hydrogen-bond donors (Lipinski definition) is 1. The van der Waals surface area contributed by atoms with Crippen LogP contribution in [0.1, 0.15) is 31.7 Å². The quantitative estimate of drug-likeness (QED) is 0.826. The van der Waals surface area contributed by atoms with Crippen LogP contribution in [0.3, 0.4) is 0 Å². The monoisotopic (exact) mass is 413 g/mol. The van der Waals surface area contributed by atoms with Gasteiger partial charge >= 0.3 is 0 Å². The van der Waals surface area contributed by atoms with Crippen molar-refractivity contribution < 1.29 is 9.32 Å². The summed E-state index contributed by atoms with van der Waals surface area (Å²) in [7, 11) is 0. The molecule has 0 bridgehead atoms. The first-order valence-electron chi connectivity index (χ1n) is 8.78. The molecule has 1 aromatic carbocycles. The Labute approximate surface area is 171 Å². The van der Waals surface area contributed by atoms with Gasteiger partial charge in [-0.05, 0) is 19.8 Å². The third-order valence-corrected chi connectivity index (χ3v) is 5.19. The third-order valence-electron chi connectivity index (χ3n) is 5.19. The molecule has 1 aromatic heterocycles. The van der Waals surface area contributed by atoms with Crippen LogP contribution in [0.25, 0.3) is 11.4 Å². The fourth-order valence-electron chi connectivity index (χ4n) is 3.24. The maximum Gasteiger partial charge on any atom is 0.244 e. The molecule has 0 radical (unpaired) electrons. The minimum Gasteiger partial charge on any atom is -0.339 e. The number of amides is 1. The van der Waals surface area contributed by atoms with Crippen molar-refractivity contribution in [3.05, 3.63) is 36.2 Å². The van der Waals surface area contributed by atoms with Crippen LogP contribution in [0, 0.1) is 0 Å². The Morgan fingerprint density at radius 1 is 1.15 bits per heavy atom. The Bertz CT molecular complexity index is 758. The summed E-state index contributed by atoms with van der Waals surface area (Å²) in [5, 5.41) is 4.09. The number of piperazine rings is 1. The lowest BCUT2D eigenvalue weighted by molar-refractivity contribution is -0.135. The largest absolute Gasteiger partial charge is 0.339 e. The Hall–Kier alpha value is -1.67. The average Bonchev–Trinajstić information content (AvgIpc) is 3.22.